The highest BCUT2D eigenvalue weighted by Gasteiger charge is 2.14. The first-order chi connectivity index (χ1) is 9.88. The van der Waals surface area contributed by atoms with Gasteiger partial charge in [-0.25, -0.2) is 4.79 Å². The minimum absolute atomic E-state index is 0.0992. The zero-order valence-electron chi connectivity index (χ0n) is 12.3. The fourth-order valence-corrected chi connectivity index (χ4v) is 1.95. The molecule has 0 saturated carbocycles. The average Bonchev–Trinajstić information content (AvgIpc) is 2.72. The Morgan fingerprint density at radius 1 is 1.33 bits per heavy atom. The fraction of sp³-hybridized carbons (Fsp3) is 0.400. The zero-order chi connectivity index (χ0) is 15.6. The molecule has 0 unspecified atom stereocenters. The third kappa shape index (κ3) is 3.39. The zero-order valence-corrected chi connectivity index (χ0v) is 12.3. The molecule has 0 saturated heterocycles. The Balaban J connectivity index is 2.28. The average molecular weight is 290 g/mol. The van der Waals surface area contributed by atoms with Gasteiger partial charge in [-0.15, -0.1) is 0 Å². The molecule has 0 aliphatic carbocycles. The lowest BCUT2D eigenvalue weighted by Crippen LogP contribution is -2.33. The third-order valence-electron chi connectivity index (χ3n) is 3.08. The largest absolute Gasteiger partial charge is 0.420 e. The first-order valence-corrected chi connectivity index (χ1v) is 6.79. The predicted molar refractivity (Wildman–Crippen MR) is 78.3 cm³/mol. The molecule has 1 aromatic carbocycles. The molecule has 112 valence electrons. The van der Waals surface area contributed by atoms with Crippen molar-refractivity contribution in [2.45, 2.75) is 27.3 Å². The molecule has 6 heteroatoms. The number of hydrogen-bond donors (Lipinski definition) is 1. The third-order valence-corrected chi connectivity index (χ3v) is 3.08. The van der Waals surface area contributed by atoms with Crippen LogP contribution < -0.4 is 11.1 Å². The first kappa shape index (κ1) is 15.0. The van der Waals surface area contributed by atoms with E-state index in [4.69, 9.17) is 4.42 Å². The molecule has 1 aromatic heterocycles. The molecular weight excluding hydrogens is 272 g/mol. The molecule has 1 N–H and O–H groups in total. The Bertz CT molecular complexity index is 740. The Morgan fingerprint density at radius 3 is 2.67 bits per heavy atom. The van der Waals surface area contributed by atoms with Crippen molar-refractivity contribution < 1.29 is 14.0 Å². The Hall–Kier alpha value is -2.37. The van der Waals surface area contributed by atoms with Gasteiger partial charge < -0.3 is 9.73 Å². The summed E-state index contributed by atoms with van der Waals surface area (Å²) in [4.78, 5) is 35.0. The molecule has 1 amide bonds. The number of carbonyl (C=O) groups excluding carboxylic acids is 2. The van der Waals surface area contributed by atoms with E-state index >= 15 is 0 Å². The number of Topliss-reactive ketones (excluding diaryl/α,β-unsaturated/α-hetero) is 1. The summed E-state index contributed by atoms with van der Waals surface area (Å²) < 4.78 is 6.35. The van der Waals surface area contributed by atoms with Gasteiger partial charge in [0.15, 0.2) is 11.4 Å². The van der Waals surface area contributed by atoms with Crippen LogP contribution in [0.15, 0.2) is 27.4 Å². The number of nitrogens with one attached hydrogen (secondary N) is 1. The Labute approximate surface area is 121 Å². The highest BCUT2D eigenvalue weighted by atomic mass is 16.4. The second-order valence-corrected chi connectivity index (χ2v) is 5.39. The van der Waals surface area contributed by atoms with Crippen LogP contribution in [0.4, 0.5) is 0 Å². The standard InChI is InChI=1S/C15H18N2O4/c1-9(2)7-16-14(19)8-17-12-5-4-11(10(3)18)6-13(12)21-15(17)20/h4-6,9H,7-8H2,1-3H3,(H,16,19). The summed E-state index contributed by atoms with van der Waals surface area (Å²) in [5.74, 6) is -0.624. The lowest BCUT2D eigenvalue weighted by atomic mass is 10.1. The second-order valence-electron chi connectivity index (χ2n) is 5.39. The summed E-state index contributed by atoms with van der Waals surface area (Å²) in [6.07, 6.45) is 0. The smallest absolute Gasteiger partial charge is 0.408 e. The van der Waals surface area contributed by atoms with Crippen LogP contribution in [0.25, 0.3) is 11.1 Å². The van der Waals surface area contributed by atoms with Crippen molar-refractivity contribution in [1.82, 2.24) is 9.88 Å². The Kier molecular flexibility index (Phi) is 4.26. The number of carbonyl (C=O) groups is 2. The molecule has 2 aromatic rings. The van der Waals surface area contributed by atoms with Crippen molar-refractivity contribution in [1.29, 1.82) is 0 Å². The van der Waals surface area contributed by atoms with Gasteiger partial charge in [0.25, 0.3) is 0 Å². The van der Waals surface area contributed by atoms with Crippen molar-refractivity contribution in [2.75, 3.05) is 6.54 Å². The van der Waals surface area contributed by atoms with Crippen molar-refractivity contribution in [3.63, 3.8) is 0 Å². The van der Waals surface area contributed by atoms with Crippen molar-refractivity contribution in [3.8, 4) is 0 Å². The number of fused-ring (bicyclic) bond motifs is 1. The van der Waals surface area contributed by atoms with Crippen molar-refractivity contribution in [3.05, 3.63) is 34.3 Å². The highest BCUT2D eigenvalue weighted by molar-refractivity contribution is 5.97. The monoisotopic (exact) mass is 290 g/mol. The molecule has 0 spiro atoms. The summed E-state index contributed by atoms with van der Waals surface area (Å²) in [5, 5.41) is 2.75. The number of nitrogens with zero attached hydrogens (tertiary/aromatic N) is 1. The second kappa shape index (κ2) is 5.95. The predicted octanol–water partition coefficient (Wildman–Crippen LogP) is 1.57. The Morgan fingerprint density at radius 2 is 2.05 bits per heavy atom. The van der Waals surface area contributed by atoms with Crippen LogP contribution in [0.3, 0.4) is 0 Å². The van der Waals surface area contributed by atoms with E-state index in [0.717, 1.165) is 0 Å². The van der Waals surface area contributed by atoms with E-state index in [9.17, 15) is 14.4 Å². The molecule has 0 atom stereocenters. The molecule has 0 fully saturated rings. The summed E-state index contributed by atoms with van der Waals surface area (Å²) in [6, 6.07) is 4.75. The van der Waals surface area contributed by atoms with E-state index in [1.165, 1.54) is 17.6 Å². The quantitative estimate of drug-likeness (QED) is 0.847. The van der Waals surface area contributed by atoms with Gasteiger partial charge in [-0.2, -0.15) is 0 Å². The summed E-state index contributed by atoms with van der Waals surface area (Å²) in [6.45, 7) is 5.87. The fourth-order valence-electron chi connectivity index (χ4n) is 1.95. The van der Waals surface area contributed by atoms with E-state index in [0.29, 0.717) is 29.1 Å². The van der Waals surface area contributed by atoms with Crippen molar-refractivity contribution >= 4 is 22.8 Å². The molecule has 0 aliphatic rings. The SMILES string of the molecule is CC(=O)c1ccc2c(c1)oc(=O)n2CC(=O)NCC(C)C. The molecule has 0 aliphatic heterocycles. The van der Waals surface area contributed by atoms with Crippen molar-refractivity contribution in [2.24, 2.45) is 5.92 Å². The van der Waals surface area contributed by atoms with Gasteiger partial charge in [0.1, 0.15) is 6.54 Å². The lowest BCUT2D eigenvalue weighted by Gasteiger charge is -2.07. The van der Waals surface area contributed by atoms with Gasteiger partial charge in [-0.3, -0.25) is 14.2 Å². The number of ketones is 1. The molecular formula is C15H18N2O4. The van der Waals surface area contributed by atoms with E-state index in [-0.39, 0.29) is 18.2 Å². The van der Waals surface area contributed by atoms with Crippen LogP contribution in [0.1, 0.15) is 31.1 Å². The van der Waals surface area contributed by atoms with Gasteiger partial charge in [-0.1, -0.05) is 13.8 Å². The minimum Gasteiger partial charge on any atom is -0.408 e. The number of hydrogen-bond acceptors (Lipinski definition) is 4. The first-order valence-electron chi connectivity index (χ1n) is 6.79. The van der Waals surface area contributed by atoms with E-state index in [1.54, 1.807) is 12.1 Å². The lowest BCUT2D eigenvalue weighted by molar-refractivity contribution is -0.121. The van der Waals surface area contributed by atoms with Crippen LogP contribution in [0.5, 0.6) is 0 Å². The van der Waals surface area contributed by atoms with Crippen LogP contribution >= 0.6 is 0 Å². The maximum absolute atomic E-state index is 11.8. The van der Waals surface area contributed by atoms with Gasteiger partial charge in [0.05, 0.1) is 5.52 Å². The van der Waals surface area contributed by atoms with Crippen LogP contribution in [-0.2, 0) is 11.3 Å². The molecule has 2 rings (SSSR count). The minimum atomic E-state index is -0.606. The maximum Gasteiger partial charge on any atom is 0.420 e. The number of amides is 1. The van der Waals surface area contributed by atoms with E-state index in [1.807, 2.05) is 13.8 Å². The highest BCUT2D eigenvalue weighted by Crippen LogP contribution is 2.15. The van der Waals surface area contributed by atoms with Crippen LogP contribution in [0.2, 0.25) is 0 Å². The summed E-state index contributed by atoms with van der Waals surface area (Å²) in [7, 11) is 0. The van der Waals surface area contributed by atoms with Gasteiger partial charge >= 0.3 is 5.76 Å². The number of benzene rings is 1. The maximum atomic E-state index is 11.8. The van der Waals surface area contributed by atoms with E-state index < -0.39 is 5.76 Å². The normalized spacial score (nSPS) is 11.0. The van der Waals surface area contributed by atoms with Crippen LogP contribution in [0, 0.1) is 5.92 Å². The van der Waals surface area contributed by atoms with Gasteiger partial charge in [0.2, 0.25) is 5.91 Å². The summed E-state index contributed by atoms with van der Waals surface area (Å²) in [5.41, 5.74) is 1.28. The number of rotatable bonds is 5. The summed E-state index contributed by atoms with van der Waals surface area (Å²) >= 11 is 0. The van der Waals surface area contributed by atoms with E-state index in [2.05, 4.69) is 5.32 Å². The van der Waals surface area contributed by atoms with Crippen LogP contribution in [-0.4, -0.2) is 22.8 Å². The molecule has 0 radical (unpaired) electrons. The van der Waals surface area contributed by atoms with Gasteiger partial charge in [0, 0.05) is 12.1 Å². The number of oxazole rings is 1. The topological polar surface area (TPSA) is 81.3 Å². The molecule has 21 heavy (non-hydrogen) atoms. The van der Waals surface area contributed by atoms with Gasteiger partial charge in [-0.05, 0) is 31.0 Å². The molecule has 1 heterocycles. The molecule has 0 bridgehead atoms. The number of aromatic nitrogens is 1. The molecule has 6 nitrogen and oxygen atoms in total.